The minimum atomic E-state index is 0.0920. The van der Waals surface area contributed by atoms with Crippen LogP contribution in [-0.2, 0) is 6.54 Å². The molecule has 0 spiro atoms. The number of anilines is 1. The average molecular weight is 341 g/mol. The third kappa shape index (κ3) is 4.18. The van der Waals surface area contributed by atoms with Crippen molar-refractivity contribution in [3.05, 3.63) is 42.4 Å². The minimum absolute atomic E-state index is 0.0920. The number of aryl methyl sites for hydroxylation is 1. The molecule has 0 bridgehead atoms. The first kappa shape index (κ1) is 17.5. The van der Waals surface area contributed by atoms with Crippen molar-refractivity contribution in [1.82, 2.24) is 19.7 Å². The molecular weight excluding hydrogens is 314 g/mol. The van der Waals surface area contributed by atoms with Crippen molar-refractivity contribution in [3.63, 3.8) is 0 Å². The number of pyridine rings is 1. The van der Waals surface area contributed by atoms with Crippen molar-refractivity contribution >= 4 is 11.7 Å². The molecule has 3 heterocycles. The summed E-state index contributed by atoms with van der Waals surface area (Å²) < 4.78 is 1.80. The van der Waals surface area contributed by atoms with Crippen molar-refractivity contribution in [2.45, 2.75) is 33.2 Å². The molecule has 0 aliphatic carbocycles. The Morgan fingerprint density at radius 1 is 1.28 bits per heavy atom. The van der Waals surface area contributed by atoms with Crippen LogP contribution in [0, 0.1) is 5.92 Å². The summed E-state index contributed by atoms with van der Waals surface area (Å²) in [6.45, 7) is 8.41. The highest BCUT2D eigenvalue weighted by Gasteiger charge is 2.24. The summed E-state index contributed by atoms with van der Waals surface area (Å²) in [6.07, 6.45) is 7.55. The van der Waals surface area contributed by atoms with Crippen molar-refractivity contribution in [3.8, 4) is 0 Å². The predicted molar refractivity (Wildman–Crippen MR) is 98.7 cm³/mol. The first-order valence-corrected chi connectivity index (χ1v) is 9.19. The van der Waals surface area contributed by atoms with Gasteiger partial charge in [-0.05, 0) is 44.7 Å². The summed E-state index contributed by atoms with van der Waals surface area (Å²) in [5.41, 5.74) is 0.689. The van der Waals surface area contributed by atoms with Gasteiger partial charge < -0.3 is 9.80 Å². The first-order chi connectivity index (χ1) is 12.2. The molecule has 6 nitrogen and oxygen atoms in total. The van der Waals surface area contributed by atoms with Crippen molar-refractivity contribution < 1.29 is 4.79 Å². The molecule has 0 saturated carbocycles. The third-order valence-corrected chi connectivity index (χ3v) is 4.94. The van der Waals surface area contributed by atoms with Crippen LogP contribution in [0.2, 0.25) is 0 Å². The molecule has 1 fully saturated rings. The Bertz CT molecular complexity index is 676. The molecule has 1 amide bonds. The lowest BCUT2D eigenvalue weighted by atomic mass is 9.96. The summed E-state index contributed by atoms with van der Waals surface area (Å²) in [6, 6.07) is 6.04. The highest BCUT2D eigenvalue weighted by molar-refractivity contribution is 5.93. The van der Waals surface area contributed by atoms with Gasteiger partial charge in [0, 0.05) is 45.1 Å². The van der Waals surface area contributed by atoms with Crippen molar-refractivity contribution in [2.24, 2.45) is 5.92 Å². The third-order valence-electron chi connectivity index (χ3n) is 4.94. The fraction of sp³-hybridized carbons (Fsp3) is 0.526. The van der Waals surface area contributed by atoms with E-state index in [0.29, 0.717) is 11.5 Å². The van der Waals surface area contributed by atoms with Gasteiger partial charge >= 0.3 is 0 Å². The smallest absolute Gasteiger partial charge is 0.257 e. The Hall–Kier alpha value is -2.37. The van der Waals surface area contributed by atoms with Crippen LogP contribution in [0.4, 0.5) is 5.82 Å². The number of rotatable bonds is 6. The number of piperidine rings is 1. The van der Waals surface area contributed by atoms with E-state index in [1.165, 1.54) is 0 Å². The first-order valence-electron chi connectivity index (χ1n) is 9.19. The molecule has 1 aliphatic heterocycles. The largest absolute Gasteiger partial charge is 0.357 e. The fourth-order valence-electron chi connectivity index (χ4n) is 3.38. The Morgan fingerprint density at radius 2 is 2.08 bits per heavy atom. The lowest BCUT2D eigenvalue weighted by molar-refractivity contribution is 0.0729. The van der Waals surface area contributed by atoms with E-state index in [4.69, 9.17) is 0 Å². The summed E-state index contributed by atoms with van der Waals surface area (Å²) >= 11 is 0. The minimum Gasteiger partial charge on any atom is -0.357 e. The molecule has 0 atom stereocenters. The Morgan fingerprint density at radius 3 is 2.68 bits per heavy atom. The number of hydrogen-bond acceptors (Lipinski definition) is 4. The molecule has 0 aromatic carbocycles. The monoisotopic (exact) mass is 341 g/mol. The van der Waals surface area contributed by atoms with Crippen LogP contribution in [-0.4, -0.2) is 51.8 Å². The number of amides is 1. The Balaban J connectivity index is 1.55. The summed E-state index contributed by atoms with van der Waals surface area (Å²) in [5, 5.41) is 4.22. The van der Waals surface area contributed by atoms with Crippen LogP contribution in [0.3, 0.4) is 0 Å². The maximum absolute atomic E-state index is 12.7. The van der Waals surface area contributed by atoms with Gasteiger partial charge in [0.05, 0.1) is 11.8 Å². The highest BCUT2D eigenvalue weighted by atomic mass is 16.2. The van der Waals surface area contributed by atoms with Crippen LogP contribution in [0.15, 0.2) is 36.8 Å². The topological polar surface area (TPSA) is 54.3 Å². The molecule has 0 N–H and O–H groups in total. The van der Waals surface area contributed by atoms with E-state index in [0.717, 1.165) is 51.4 Å². The standard InChI is InChI=1S/C19H27N5O/c1-3-22(19(25)17-13-21-24(4-2)15-17)14-16-8-11-23(12-9-16)18-7-5-6-10-20-18/h5-7,10,13,15-16H,3-4,8-9,11-12,14H2,1-2H3. The van der Waals surface area contributed by atoms with E-state index in [-0.39, 0.29) is 5.91 Å². The lowest BCUT2D eigenvalue weighted by Crippen LogP contribution is -2.41. The van der Waals surface area contributed by atoms with Crippen molar-refractivity contribution in [1.29, 1.82) is 0 Å². The average Bonchev–Trinajstić information content (AvgIpc) is 3.16. The zero-order valence-electron chi connectivity index (χ0n) is 15.1. The van der Waals surface area contributed by atoms with E-state index < -0.39 is 0 Å². The molecule has 3 rings (SSSR count). The highest BCUT2D eigenvalue weighted by Crippen LogP contribution is 2.22. The summed E-state index contributed by atoms with van der Waals surface area (Å²) in [4.78, 5) is 21.4. The van der Waals surface area contributed by atoms with Crippen LogP contribution in [0.5, 0.6) is 0 Å². The second kappa shape index (κ2) is 8.14. The predicted octanol–water partition coefficient (Wildman–Crippen LogP) is 2.68. The van der Waals surface area contributed by atoms with Gasteiger partial charge in [0.2, 0.25) is 0 Å². The van der Waals surface area contributed by atoms with Crippen LogP contribution >= 0.6 is 0 Å². The van der Waals surface area contributed by atoms with Crippen LogP contribution in [0.25, 0.3) is 0 Å². The van der Waals surface area contributed by atoms with Gasteiger partial charge in [0.25, 0.3) is 5.91 Å². The molecule has 0 unspecified atom stereocenters. The van der Waals surface area contributed by atoms with Gasteiger partial charge in [-0.1, -0.05) is 6.07 Å². The summed E-state index contributed by atoms with van der Waals surface area (Å²) in [5.74, 6) is 1.69. The lowest BCUT2D eigenvalue weighted by Gasteiger charge is -2.35. The van der Waals surface area contributed by atoms with Crippen LogP contribution < -0.4 is 4.90 Å². The van der Waals surface area contributed by atoms with E-state index in [9.17, 15) is 4.79 Å². The number of carbonyl (C=O) groups excluding carboxylic acids is 1. The number of aromatic nitrogens is 3. The zero-order chi connectivity index (χ0) is 17.6. The van der Waals surface area contributed by atoms with E-state index in [1.54, 1.807) is 10.9 Å². The summed E-state index contributed by atoms with van der Waals surface area (Å²) in [7, 11) is 0. The molecule has 134 valence electrons. The second-order valence-electron chi connectivity index (χ2n) is 6.55. The molecule has 2 aromatic heterocycles. The fourth-order valence-corrected chi connectivity index (χ4v) is 3.38. The van der Waals surface area contributed by atoms with Gasteiger partial charge in [-0.3, -0.25) is 9.48 Å². The van der Waals surface area contributed by atoms with E-state index in [1.807, 2.05) is 43.3 Å². The quantitative estimate of drug-likeness (QED) is 0.811. The molecule has 6 heteroatoms. The van der Waals surface area contributed by atoms with Gasteiger partial charge in [-0.15, -0.1) is 0 Å². The number of nitrogens with zero attached hydrogens (tertiary/aromatic N) is 5. The molecule has 1 saturated heterocycles. The Kier molecular flexibility index (Phi) is 5.68. The van der Waals surface area contributed by atoms with Crippen molar-refractivity contribution in [2.75, 3.05) is 31.1 Å². The Labute approximate surface area is 149 Å². The van der Waals surface area contributed by atoms with Crippen LogP contribution in [0.1, 0.15) is 37.0 Å². The maximum atomic E-state index is 12.7. The maximum Gasteiger partial charge on any atom is 0.257 e. The van der Waals surface area contributed by atoms with E-state index in [2.05, 4.69) is 21.0 Å². The molecule has 25 heavy (non-hydrogen) atoms. The zero-order valence-corrected chi connectivity index (χ0v) is 15.1. The number of carbonyl (C=O) groups is 1. The molecule has 0 radical (unpaired) electrons. The molecule has 2 aromatic rings. The van der Waals surface area contributed by atoms with Gasteiger partial charge in [-0.25, -0.2) is 4.98 Å². The second-order valence-corrected chi connectivity index (χ2v) is 6.55. The van der Waals surface area contributed by atoms with E-state index >= 15 is 0 Å². The normalized spacial score (nSPS) is 15.4. The van der Waals surface area contributed by atoms with Gasteiger partial charge in [0.15, 0.2) is 0 Å². The van der Waals surface area contributed by atoms with Gasteiger partial charge in [0.1, 0.15) is 5.82 Å². The number of hydrogen-bond donors (Lipinski definition) is 0. The van der Waals surface area contributed by atoms with Gasteiger partial charge in [-0.2, -0.15) is 5.10 Å². The molecular formula is C19H27N5O. The SMILES string of the molecule is CCN(CC1CCN(c2ccccn2)CC1)C(=O)c1cnn(CC)c1. The molecule has 1 aliphatic rings.